The van der Waals surface area contributed by atoms with E-state index in [0.29, 0.717) is 17.5 Å². The van der Waals surface area contributed by atoms with Gasteiger partial charge in [-0.2, -0.15) is 0 Å². The summed E-state index contributed by atoms with van der Waals surface area (Å²) in [5.41, 5.74) is 0.0962. The fraction of sp³-hybridized carbons (Fsp3) is 0.350. The van der Waals surface area contributed by atoms with Crippen LogP contribution in [-0.4, -0.2) is 25.3 Å². The van der Waals surface area contributed by atoms with E-state index in [0.717, 1.165) is 24.3 Å². The van der Waals surface area contributed by atoms with Gasteiger partial charge in [-0.1, -0.05) is 24.3 Å². The minimum Gasteiger partial charge on any atom is -0.466 e. The molecule has 1 fully saturated rings. The van der Waals surface area contributed by atoms with Crippen LogP contribution in [0.2, 0.25) is 0 Å². The first-order valence-electron chi connectivity index (χ1n) is 8.84. The Kier molecular flexibility index (Phi) is 5.62. The lowest BCUT2D eigenvalue weighted by molar-refractivity contribution is -0.275. The van der Waals surface area contributed by atoms with Gasteiger partial charge in [0.05, 0.1) is 12.5 Å². The van der Waals surface area contributed by atoms with Crippen molar-refractivity contribution in [3.63, 3.8) is 0 Å². The maximum Gasteiger partial charge on any atom is 0.573 e. The lowest BCUT2D eigenvalue weighted by atomic mass is 9.85. The number of halogens is 6. The number of carbonyl (C=O) groups excluding carboxylic acids is 1. The Hall–Kier alpha value is -2.91. The van der Waals surface area contributed by atoms with Gasteiger partial charge in [0.1, 0.15) is 11.5 Å². The molecule has 1 atom stereocenters. The number of carbonyl (C=O) groups is 1. The number of benzene rings is 2. The van der Waals surface area contributed by atoms with Crippen LogP contribution in [0.1, 0.15) is 24.5 Å². The van der Waals surface area contributed by atoms with Crippen molar-refractivity contribution >= 4 is 5.97 Å². The fourth-order valence-corrected chi connectivity index (χ4v) is 3.50. The van der Waals surface area contributed by atoms with Gasteiger partial charge < -0.3 is 14.2 Å². The first-order valence-corrected chi connectivity index (χ1v) is 8.84. The van der Waals surface area contributed by atoms with Crippen molar-refractivity contribution in [2.24, 2.45) is 5.92 Å². The van der Waals surface area contributed by atoms with Crippen LogP contribution >= 0.6 is 0 Å². The van der Waals surface area contributed by atoms with Crippen molar-refractivity contribution in [3.05, 3.63) is 59.7 Å². The highest BCUT2D eigenvalue weighted by Crippen LogP contribution is 2.59. The average molecular weight is 434 g/mol. The summed E-state index contributed by atoms with van der Waals surface area (Å²) in [7, 11) is 0. The SMILES string of the molecule is CCOC(=O)C1CC1(c1ccc(OC(F)(F)F)cc1)c1ccc(OC(F)(F)F)cc1. The predicted molar refractivity (Wildman–Crippen MR) is 91.8 cm³/mol. The lowest BCUT2D eigenvalue weighted by Gasteiger charge is -2.20. The van der Waals surface area contributed by atoms with E-state index >= 15 is 0 Å². The summed E-state index contributed by atoms with van der Waals surface area (Å²) in [6.07, 6.45) is -9.40. The molecular formula is C20H16F6O4. The van der Waals surface area contributed by atoms with E-state index in [2.05, 4.69) is 9.47 Å². The second-order valence-electron chi connectivity index (χ2n) is 6.62. The zero-order chi connectivity index (χ0) is 22.2. The van der Waals surface area contributed by atoms with Gasteiger partial charge >= 0.3 is 18.7 Å². The molecule has 1 aliphatic carbocycles. The Labute approximate surface area is 167 Å². The van der Waals surface area contributed by atoms with Gasteiger partial charge in [0.2, 0.25) is 0 Å². The Morgan fingerprint density at radius 2 is 1.27 bits per heavy atom. The zero-order valence-electron chi connectivity index (χ0n) is 15.5. The molecule has 0 heterocycles. The van der Waals surface area contributed by atoms with Gasteiger partial charge in [-0.15, -0.1) is 26.3 Å². The second-order valence-corrected chi connectivity index (χ2v) is 6.62. The van der Waals surface area contributed by atoms with Crippen molar-refractivity contribution < 1.29 is 45.3 Å². The topological polar surface area (TPSA) is 44.8 Å². The molecule has 162 valence electrons. The van der Waals surface area contributed by atoms with Crippen LogP contribution in [0, 0.1) is 5.92 Å². The van der Waals surface area contributed by atoms with Crippen LogP contribution < -0.4 is 9.47 Å². The maximum atomic E-state index is 12.4. The number of rotatable bonds is 6. The highest BCUT2D eigenvalue weighted by molar-refractivity contribution is 5.81. The van der Waals surface area contributed by atoms with E-state index in [1.165, 1.54) is 24.3 Å². The highest BCUT2D eigenvalue weighted by Gasteiger charge is 2.61. The minimum absolute atomic E-state index is 0.141. The molecule has 0 saturated heterocycles. The van der Waals surface area contributed by atoms with Gasteiger partial charge in [0.25, 0.3) is 0 Å². The Balaban J connectivity index is 1.92. The first kappa shape index (κ1) is 21.8. The minimum atomic E-state index is -4.85. The monoisotopic (exact) mass is 434 g/mol. The molecule has 30 heavy (non-hydrogen) atoms. The number of esters is 1. The number of ether oxygens (including phenoxy) is 3. The van der Waals surface area contributed by atoms with Gasteiger partial charge in [0, 0.05) is 5.41 Å². The van der Waals surface area contributed by atoms with E-state index in [1.807, 2.05) is 0 Å². The molecule has 1 aliphatic rings. The molecule has 10 heteroatoms. The molecule has 0 N–H and O–H groups in total. The number of hydrogen-bond acceptors (Lipinski definition) is 4. The van der Waals surface area contributed by atoms with Gasteiger partial charge in [0.15, 0.2) is 0 Å². The summed E-state index contributed by atoms with van der Waals surface area (Å²) in [5, 5.41) is 0. The Morgan fingerprint density at radius 1 is 0.867 bits per heavy atom. The van der Waals surface area contributed by atoms with Crippen LogP contribution in [-0.2, 0) is 14.9 Å². The third-order valence-corrected chi connectivity index (χ3v) is 4.74. The van der Waals surface area contributed by atoms with E-state index < -0.39 is 41.5 Å². The van der Waals surface area contributed by atoms with Crippen molar-refractivity contribution in [1.82, 2.24) is 0 Å². The van der Waals surface area contributed by atoms with Crippen LogP contribution in [0.4, 0.5) is 26.3 Å². The molecule has 0 aliphatic heterocycles. The molecule has 0 bridgehead atoms. The van der Waals surface area contributed by atoms with Crippen molar-refractivity contribution in [3.8, 4) is 11.5 Å². The largest absolute Gasteiger partial charge is 0.573 e. The van der Waals surface area contributed by atoms with Crippen molar-refractivity contribution in [2.75, 3.05) is 6.61 Å². The summed E-state index contributed by atoms with van der Waals surface area (Å²) in [6.45, 7) is 1.77. The van der Waals surface area contributed by atoms with Crippen LogP contribution in [0.3, 0.4) is 0 Å². The quantitative estimate of drug-likeness (QED) is 0.454. The molecule has 1 saturated carbocycles. The molecule has 0 aromatic heterocycles. The van der Waals surface area contributed by atoms with E-state index in [-0.39, 0.29) is 6.61 Å². The van der Waals surface area contributed by atoms with E-state index in [9.17, 15) is 31.1 Å². The zero-order valence-corrected chi connectivity index (χ0v) is 15.5. The molecule has 3 rings (SSSR count). The Bertz CT molecular complexity index is 828. The number of hydrogen-bond donors (Lipinski definition) is 0. The Morgan fingerprint density at radius 3 is 1.60 bits per heavy atom. The molecule has 0 radical (unpaired) electrons. The molecule has 0 spiro atoms. The highest BCUT2D eigenvalue weighted by atomic mass is 19.4. The molecule has 4 nitrogen and oxygen atoms in total. The molecule has 1 unspecified atom stereocenters. The van der Waals surface area contributed by atoms with Gasteiger partial charge in [-0.3, -0.25) is 4.79 Å². The van der Waals surface area contributed by atoms with Crippen LogP contribution in [0.25, 0.3) is 0 Å². The molecule has 0 amide bonds. The van der Waals surface area contributed by atoms with E-state index in [1.54, 1.807) is 6.92 Å². The summed E-state index contributed by atoms with van der Waals surface area (Å²) in [6, 6.07) is 10.0. The van der Waals surface area contributed by atoms with Crippen molar-refractivity contribution in [2.45, 2.75) is 31.5 Å². The van der Waals surface area contributed by atoms with Gasteiger partial charge in [-0.25, -0.2) is 0 Å². The summed E-state index contributed by atoms with van der Waals surface area (Å²) in [5.74, 6) is -1.97. The van der Waals surface area contributed by atoms with Gasteiger partial charge in [-0.05, 0) is 48.7 Å². The van der Waals surface area contributed by atoms with E-state index in [4.69, 9.17) is 4.74 Å². The third-order valence-electron chi connectivity index (χ3n) is 4.74. The normalized spacial score (nSPS) is 17.9. The summed E-state index contributed by atoms with van der Waals surface area (Å²) >= 11 is 0. The maximum absolute atomic E-state index is 12.4. The van der Waals surface area contributed by atoms with Crippen LogP contribution in [0.5, 0.6) is 11.5 Å². The van der Waals surface area contributed by atoms with Crippen molar-refractivity contribution in [1.29, 1.82) is 0 Å². The van der Waals surface area contributed by atoms with Crippen LogP contribution in [0.15, 0.2) is 48.5 Å². The molecular weight excluding hydrogens is 418 g/mol. The standard InChI is InChI=1S/C20H16F6O4/c1-2-28-17(27)16-11-18(16,12-3-7-14(8-4-12)29-19(21,22)23)13-5-9-15(10-6-13)30-20(24,25)26/h3-10,16H,2,11H2,1H3. The average Bonchev–Trinajstić information content (AvgIpc) is 3.37. The lowest BCUT2D eigenvalue weighted by Crippen LogP contribution is -2.20. The predicted octanol–water partition coefficient (Wildman–Crippen LogP) is 5.35. The summed E-state index contributed by atoms with van der Waals surface area (Å²) in [4.78, 5) is 12.3. The second kappa shape index (κ2) is 7.73. The first-order chi connectivity index (χ1) is 13.9. The molecule has 2 aromatic rings. The number of alkyl halides is 6. The third kappa shape index (κ3) is 4.80. The molecule has 2 aromatic carbocycles. The summed E-state index contributed by atoms with van der Waals surface area (Å²) < 4.78 is 87.1. The fourth-order valence-electron chi connectivity index (χ4n) is 3.50. The smallest absolute Gasteiger partial charge is 0.466 e.